The zero-order chi connectivity index (χ0) is 22.8. The fourth-order valence-electron chi connectivity index (χ4n) is 6.91. The van der Waals surface area contributed by atoms with Crippen molar-refractivity contribution in [2.24, 2.45) is 23.2 Å². The Kier molecular flexibility index (Phi) is 5.28. The molecule has 2 heterocycles. The van der Waals surface area contributed by atoms with E-state index in [1.54, 1.807) is 0 Å². The minimum Gasteiger partial charge on any atom is -0.493 e. The van der Waals surface area contributed by atoms with Crippen molar-refractivity contribution in [1.82, 2.24) is 14.6 Å². The van der Waals surface area contributed by atoms with Crippen molar-refractivity contribution < 1.29 is 13.2 Å². The van der Waals surface area contributed by atoms with Gasteiger partial charge in [-0.1, -0.05) is 13.8 Å². The maximum atomic E-state index is 12.5. The number of hydrogen-bond donors (Lipinski definition) is 0. The second kappa shape index (κ2) is 7.96. The van der Waals surface area contributed by atoms with Crippen LogP contribution in [0, 0.1) is 23.2 Å². The molecule has 180 valence electrons. The molecule has 0 radical (unpaired) electrons. The molecule has 0 amide bonds. The molecule has 2 bridgehead atoms. The van der Waals surface area contributed by atoms with Gasteiger partial charge in [0.2, 0.25) is 0 Å². The van der Waals surface area contributed by atoms with Crippen LogP contribution in [0.15, 0.2) is 12.3 Å². The normalized spacial score (nSPS) is 32.2. The van der Waals surface area contributed by atoms with Crippen LogP contribution < -0.4 is 4.74 Å². The van der Waals surface area contributed by atoms with E-state index in [1.165, 1.54) is 56.9 Å². The van der Waals surface area contributed by atoms with E-state index >= 15 is 0 Å². The smallest absolute Gasteiger partial charge is 0.164 e. The summed E-state index contributed by atoms with van der Waals surface area (Å²) >= 11 is 0. The van der Waals surface area contributed by atoms with E-state index in [2.05, 4.69) is 30.2 Å². The minimum atomic E-state index is -3.13. The largest absolute Gasteiger partial charge is 0.493 e. The summed E-state index contributed by atoms with van der Waals surface area (Å²) in [6, 6.07) is 2.00. The predicted octanol–water partition coefficient (Wildman–Crippen LogP) is 5.31. The zero-order valence-corrected chi connectivity index (χ0v) is 20.8. The molecular formula is C26H37N3O3S. The van der Waals surface area contributed by atoms with Crippen molar-refractivity contribution >= 4 is 15.5 Å². The maximum Gasteiger partial charge on any atom is 0.164 e. The minimum absolute atomic E-state index is 0.0245. The summed E-state index contributed by atoms with van der Waals surface area (Å²) in [4.78, 5) is 0. The van der Waals surface area contributed by atoms with E-state index in [4.69, 9.17) is 4.74 Å². The lowest BCUT2D eigenvalue weighted by Gasteiger charge is -2.48. The molecule has 4 aliphatic rings. The number of rotatable bonds is 8. The highest BCUT2D eigenvalue weighted by molar-refractivity contribution is 7.91. The summed E-state index contributed by atoms with van der Waals surface area (Å²) in [7, 11) is -3.13. The molecule has 6 nitrogen and oxygen atoms in total. The van der Waals surface area contributed by atoms with Gasteiger partial charge >= 0.3 is 0 Å². The first kappa shape index (κ1) is 21.9. The summed E-state index contributed by atoms with van der Waals surface area (Å²) in [5, 5.41) is 8.39. The molecule has 2 aromatic rings. The van der Waals surface area contributed by atoms with Gasteiger partial charge in [-0.25, -0.2) is 8.42 Å². The number of hydrogen-bond acceptors (Lipinski definition) is 5. The van der Waals surface area contributed by atoms with Gasteiger partial charge < -0.3 is 4.74 Å². The van der Waals surface area contributed by atoms with Gasteiger partial charge in [0.15, 0.2) is 21.3 Å². The molecule has 0 aromatic carbocycles. The first-order valence-electron chi connectivity index (χ1n) is 13.1. The summed E-state index contributed by atoms with van der Waals surface area (Å²) in [5.74, 6) is 4.53. The Morgan fingerprint density at radius 1 is 1.09 bits per heavy atom. The van der Waals surface area contributed by atoms with Gasteiger partial charge in [0, 0.05) is 23.2 Å². The Morgan fingerprint density at radius 2 is 1.82 bits per heavy atom. The van der Waals surface area contributed by atoms with Crippen LogP contribution in [0.5, 0.6) is 5.75 Å². The monoisotopic (exact) mass is 471 g/mol. The van der Waals surface area contributed by atoms with E-state index < -0.39 is 9.84 Å². The standard InChI is InChI=1S/C26H37N3O3S/c1-3-26(12-18-8-17(2)9-19(10-18)13-26)16-32-23-11-24-27-28-25(15-33(30,31)21-6-7-21)29(24)14-22(23)20-4-5-20/h11,14,17-21H,3-10,12-13,15-16H2,1-2H3. The predicted molar refractivity (Wildman–Crippen MR) is 128 cm³/mol. The van der Waals surface area contributed by atoms with Crippen molar-refractivity contribution in [2.45, 2.75) is 95.0 Å². The third-order valence-corrected chi connectivity index (χ3v) is 11.0. The molecule has 0 aliphatic heterocycles. The lowest BCUT2D eigenvalue weighted by molar-refractivity contribution is -0.000598. The Labute approximate surface area is 197 Å². The van der Waals surface area contributed by atoms with Gasteiger partial charge in [0.25, 0.3) is 0 Å². The van der Waals surface area contributed by atoms with E-state index in [9.17, 15) is 8.42 Å². The highest BCUT2D eigenvalue weighted by Crippen LogP contribution is 2.52. The van der Waals surface area contributed by atoms with Gasteiger partial charge in [0.1, 0.15) is 11.5 Å². The Bertz CT molecular complexity index is 1130. The molecule has 33 heavy (non-hydrogen) atoms. The highest BCUT2D eigenvalue weighted by atomic mass is 32.2. The van der Waals surface area contributed by atoms with Gasteiger partial charge in [-0.2, -0.15) is 0 Å². The van der Waals surface area contributed by atoms with E-state index in [0.717, 1.165) is 43.0 Å². The molecule has 2 unspecified atom stereocenters. The van der Waals surface area contributed by atoms with Gasteiger partial charge in [-0.3, -0.25) is 4.40 Å². The van der Waals surface area contributed by atoms with Crippen molar-refractivity contribution in [1.29, 1.82) is 0 Å². The van der Waals surface area contributed by atoms with Crippen molar-refractivity contribution in [3.63, 3.8) is 0 Å². The third kappa shape index (κ3) is 4.30. The van der Waals surface area contributed by atoms with Crippen LogP contribution in [0.2, 0.25) is 0 Å². The first-order valence-corrected chi connectivity index (χ1v) is 14.8. The zero-order valence-electron chi connectivity index (χ0n) is 20.0. The SMILES string of the molecule is CCC1(COc2cc3nnc(CS(=O)(=O)C4CC4)n3cc2C2CC2)CC2CC(C)CC(C2)C1. The molecule has 4 aliphatic carbocycles. The maximum absolute atomic E-state index is 12.5. The number of ether oxygens (including phenoxy) is 1. The summed E-state index contributed by atoms with van der Waals surface area (Å²) in [6.07, 6.45) is 13.9. The molecular weight excluding hydrogens is 434 g/mol. The van der Waals surface area contributed by atoms with E-state index in [0.29, 0.717) is 17.4 Å². The molecule has 2 aromatic heterocycles. The number of sulfone groups is 1. The lowest BCUT2D eigenvalue weighted by atomic mass is 9.58. The summed E-state index contributed by atoms with van der Waals surface area (Å²) < 4.78 is 33.6. The number of nitrogens with zero attached hydrogens (tertiary/aromatic N) is 3. The molecule has 2 atom stereocenters. The average molecular weight is 472 g/mol. The summed E-state index contributed by atoms with van der Waals surface area (Å²) in [5.41, 5.74) is 2.16. The molecule has 7 heteroatoms. The highest BCUT2D eigenvalue weighted by Gasteiger charge is 2.43. The Hall–Kier alpha value is -1.63. The molecule has 4 saturated carbocycles. The van der Waals surface area contributed by atoms with Crippen LogP contribution in [0.1, 0.15) is 95.4 Å². The Balaban J connectivity index is 1.25. The summed E-state index contributed by atoms with van der Waals surface area (Å²) in [6.45, 7) is 5.54. The second-order valence-corrected chi connectivity index (χ2v) is 14.1. The fourth-order valence-corrected chi connectivity index (χ4v) is 8.55. The lowest BCUT2D eigenvalue weighted by Crippen LogP contribution is -2.41. The van der Waals surface area contributed by atoms with Crippen LogP contribution in [0.25, 0.3) is 5.65 Å². The van der Waals surface area contributed by atoms with Crippen LogP contribution in [-0.4, -0.2) is 34.9 Å². The number of pyridine rings is 1. The molecule has 0 saturated heterocycles. The third-order valence-electron chi connectivity index (χ3n) is 8.85. The van der Waals surface area contributed by atoms with Crippen LogP contribution in [0.3, 0.4) is 0 Å². The van der Waals surface area contributed by atoms with Crippen LogP contribution in [0.4, 0.5) is 0 Å². The van der Waals surface area contributed by atoms with E-state index in [1.807, 2.05) is 10.5 Å². The molecule has 0 N–H and O–H groups in total. The van der Waals surface area contributed by atoms with Crippen LogP contribution in [-0.2, 0) is 15.6 Å². The fraction of sp³-hybridized carbons (Fsp3) is 0.769. The molecule has 4 fully saturated rings. The van der Waals surface area contributed by atoms with Crippen molar-refractivity contribution in [3.8, 4) is 5.75 Å². The van der Waals surface area contributed by atoms with E-state index in [-0.39, 0.29) is 16.4 Å². The van der Waals surface area contributed by atoms with Gasteiger partial charge in [-0.05, 0) is 87.9 Å². The number of fused-ring (bicyclic) bond motifs is 3. The van der Waals surface area contributed by atoms with Crippen molar-refractivity contribution in [3.05, 3.63) is 23.7 Å². The van der Waals surface area contributed by atoms with Crippen molar-refractivity contribution in [2.75, 3.05) is 6.61 Å². The Morgan fingerprint density at radius 3 is 2.45 bits per heavy atom. The van der Waals surface area contributed by atoms with Gasteiger partial charge in [-0.15, -0.1) is 10.2 Å². The molecule has 0 spiro atoms. The first-order chi connectivity index (χ1) is 15.8. The topological polar surface area (TPSA) is 73.6 Å². The number of aromatic nitrogens is 3. The average Bonchev–Trinajstić information content (AvgIpc) is 3.68. The molecule has 6 rings (SSSR count). The quantitative estimate of drug-likeness (QED) is 0.522. The van der Waals surface area contributed by atoms with Gasteiger partial charge in [0.05, 0.1) is 11.9 Å². The van der Waals surface area contributed by atoms with Crippen LogP contribution >= 0.6 is 0 Å². The second-order valence-electron chi connectivity index (χ2n) is 11.8.